The molecule has 0 radical (unpaired) electrons. The van der Waals surface area contributed by atoms with Gasteiger partial charge in [-0.3, -0.25) is 0 Å². The van der Waals surface area contributed by atoms with Crippen molar-refractivity contribution in [3.05, 3.63) is 28.2 Å². The first kappa shape index (κ1) is 8.71. The van der Waals surface area contributed by atoms with Crippen LogP contribution in [0.4, 0.5) is 4.39 Å². The van der Waals surface area contributed by atoms with Gasteiger partial charge in [-0.15, -0.1) is 6.42 Å². The Kier molecular flexibility index (Phi) is 1.88. The van der Waals surface area contributed by atoms with E-state index in [2.05, 4.69) is 26.8 Å². The average molecular weight is 240 g/mol. The third-order valence-electron chi connectivity index (χ3n) is 2.35. The summed E-state index contributed by atoms with van der Waals surface area (Å²) in [6, 6.07) is 1.72. The maximum Gasteiger partial charge on any atom is 0.217 e. The first-order chi connectivity index (χ1) is 6.18. The minimum atomic E-state index is -0.446. The Balaban J connectivity index is 2.52. The summed E-state index contributed by atoms with van der Waals surface area (Å²) in [7, 11) is 0. The zero-order chi connectivity index (χ0) is 9.47. The van der Waals surface area contributed by atoms with Gasteiger partial charge in [0.25, 0.3) is 0 Å². The van der Waals surface area contributed by atoms with Crippen molar-refractivity contribution < 1.29 is 4.39 Å². The molecule has 1 nitrogen and oxygen atoms in total. The van der Waals surface area contributed by atoms with E-state index in [1.165, 1.54) is 6.20 Å². The number of nitrogens with zero attached hydrogens (tertiary/aromatic N) is 1. The molecule has 2 rings (SSSR count). The van der Waals surface area contributed by atoms with Crippen molar-refractivity contribution in [1.29, 1.82) is 0 Å². The third kappa shape index (κ3) is 1.36. The second kappa shape index (κ2) is 2.81. The molecule has 1 aliphatic carbocycles. The number of aromatic nitrogens is 1. The molecule has 1 aromatic heterocycles. The van der Waals surface area contributed by atoms with Gasteiger partial charge in [-0.05, 0) is 34.8 Å². The second-order valence-corrected chi connectivity index (χ2v) is 4.13. The molecule has 0 bridgehead atoms. The Morgan fingerprint density at radius 1 is 1.62 bits per heavy atom. The van der Waals surface area contributed by atoms with Gasteiger partial charge in [0.1, 0.15) is 0 Å². The summed E-state index contributed by atoms with van der Waals surface area (Å²) < 4.78 is 14.0. The van der Waals surface area contributed by atoms with E-state index in [9.17, 15) is 4.39 Å². The summed E-state index contributed by atoms with van der Waals surface area (Å²) in [5, 5.41) is 0. The maximum atomic E-state index is 13.3. The second-order valence-electron chi connectivity index (χ2n) is 3.22. The highest BCUT2D eigenvalue weighted by Crippen LogP contribution is 2.48. The Hall–Kier alpha value is -0.880. The summed E-state index contributed by atoms with van der Waals surface area (Å²) in [6.07, 6.45) is 8.52. The van der Waals surface area contributed by atoms with E-state index < -0.39 is 5.95 Å². The van der Waals surface area contributed by atoms with Gasteiger partial charge in [-0.25, -0.2) is 4.98 Å². The van der Waals surface area contributed by atoms with Crippen molar-refractivity contribution in [2.75, 3.05) is 0 Å². The molecule has 0 N–H and O–H groups in total. The highest BCUT2D eigenvalue weighted by Gasteiger charge is 2.45. The number of halogens is 2. The zero-order valence-electron chi connectivity index (χ0n) is 6.85. The zero-order valence-corrected chi connectivity index (χ0v) is 8.44. The van der Waals surface area contributed by atoms with Crippen LogP contribution in [0.5, 0.6) is 0 Å². The fraction of sp³-hybridized carbons (Fsp3) is 0.300. The number of hydrogen-bond donors (Lipinski definition) is 0. The molecule has 1 fully saturated rings. The predicted molar refractivity (Wildman–Crippen MR) is 51.6 cm³/mol. The summed E-state index contributed by atoms with van der Waals surface area (Å²) in [6.45, 7) is 0. The molecule has 3 heteroatoms. The monoisotopic (exact) mass is 239 g/mol. The summed E-state index contributed by atoms with van der Waals surface area (Å²) in [4.78, 5) is 3.62. The van der Waals surface area contributed by atoms with Crippen LogP contribution in [0.25, 0.3) is 0 Å². The first-order valence-corrected chi connectivity index (χ1v) is 4.76. The number of terminal acetylenes is 1. The SMILES string of the molecule is C#CC1(c2cc(Br)cnc2F)CC1. The fourth-order valence-electron chi connectivity index (χ4n) is 1.37. The number of pyridine rings is 1. The molecule has 0 saturated heterocycles. The van der Waals surface area contributed by atoms with Gasteiger partial charge < -0.3 is 0 Å². The standard InChI is InChI=1S/C10H7BrFN/c1-2-10(3-4-10)8-5-7(11)6-13-9(8)12/h1,5-6H,3-4H2. The van der Waals surface area contributed by atoms with Gasteiger partial charge in [-0.2, -0.15) is 4.39 Å². The van der Waals surface area contributed by atoms with E-state index in [4.69, 9.17) is 6.42 Å². The lowest BCUT2D eigenvalue weighted by atomic mass is 9.99. The van der Waals surface area contributed by atoms with Gasteiger partial charge >= 0.3 is 0 Å². The lowest BCUT2D eigenvalue weighted by molar-refractivity contribution is 0.557. The van der Waals surface area contributed by atoms with Crippen LogP contribution in [0.1, 0.15) is 18.4 Å². The van der Waals surface area contributed by atoms with Crippen molar-refractivity contribution in [3.63, 3.8) is 0 Å². The van der Waals surface area contributed by atoms with Crippen molar-refractivity contribution >= 4 is 15.9 Å². The third-order valence-corrected chi connectivity index (χ3v) is 2.78. The molecule has 1 aromatic rings. The molecule has 1 heterocycles. The van der Waals surface area contributed by atoms with Crippen LogP contribution in [0.15, 0.2) is 16.7 Å². The van der Waals surface area contributed by atoms with Crippen molar-refractivity contribution in [2.45, 2.75) is 18.3 Å². The van der Waals surface area contributed by atoms with Gasteiger partial charge in [0, 0.05) is 16.2 Å². The Morgan fingerprint density at radius 2 is 2.31 bits per heavy atom. The minimum absolute atomic E-state index is 0.374. The lowest BCUT2D eigenvalue weighted by Gasteiger charge is -2.08. The van der Waals surface area contributed by atoms with Gasteiger partial charge in [0.05, 0.1) is 5.41 Å². The van der Waals surface area contributed by atoms with E-state index >= 15 is 0 Å². The summed E-state index contributed by atoms with van der Waals surface area (Å²) in [5.41, 5.74) is 0.172. The molecule has 0 atom stereocenters. The predicted octanol–water partition coefficient (Wildman–Crippen LogP) is 2.65. The normalized spacial score (nSPS) is 17.9. The highest BCUT2D eigenvalue weighted by atomic mass is 79.9. The molecule has 66 valence electrons. The van der Waals surface area contributed by atoms with Gasteiger partial charge in [0.15, 0.2) is 0 Å². The molecule has 0 amide bonds. The highest BCUT2D eigenvalue weighted by molar-refractivity contribution is 9.10. The van der Waals surface area contributed by atoms with Crippen LogP contribution in [-0.2, 0) is 5.41 Å². The molecular formula is C10H7BrFN. The summed E-state index contributed by atoms with van der Waals surface area (Å²) in [5.74, 6) is 2.19. The Morgan fingerprint density at radius 3 is 2.85 bits per heavy atom. The topological polar surface area (TPSA) is 12.9 Å². The van der Waals surface area contributed by atoms with Crippen LogP contribution in [-0.4, -0.2) is 4.98 Å². The molecule has 0 unspecified atom stereocenters. The minimum Gasteiger partial charge on any atom is -0.227 e. The molecule has 1 aliphatic rings. The maximum absolute atomic E-state index is 13.3. The van der Waals surface area contributed by atoms with E-state index in [0.717, 1.165) is 17.3 Å². The van der Waals surface area contributed by atoms with Gasteiger partial charge in [0.2, 0.25) is 5.95 Å². The largest absolute Gasteiger partial charge is 0.227 e. The lowest BCUT2D eigenvalue weighted by Crippen LogP contribution is -2.07. The van der Waals surface area contributed by atoms with Crippen LogP contribution >= 0.6 is 15.9 Å². The Bertz CT molecular complexity index is 390. The molecule has 0 aromatic carbocycles. The van der Waals surface area contributed by atoms with Crippen LogP contribution in [0.3, 0.4) is 0 Å². The molecular weight excluding hydrogens is 233 g/mol. The van der Waals surface area contributed by atoms with E-state index in [-0.39, 0.29) is 5.41 Å². The molecule has 0 aliphatic heterocycles. The number of rotatable bonds is 1. The Labute approximate surface area is 84.5 Å². The first-order valence-electron chi connectivity index (χ1n) is 3.97. The van der Waals surface area contributed by atoms with Crippen LogP contribution in [0.2, 0.25) is 0 Å². The molecule has 0 spiro atoms. The van der Waals surface area contributed by atoms with Crippen molar-refractivity contribution in [2.24, 2.45) is 0 Å². The van der Waals surface area contributed by atoms with E-state index in [1.807, 2.05) is 0 Å². The van der Waals surface area contributed by atoms with Crippen molar-refractivity contribution in [1.82, 2.24) is 4.98 Å². The molecule has 1 saturated carbocycles. The fourth-order valence-corrected chi connectivity index (χ4v) is 1.71. The van der Waals surface area contributed by atoms with Crippen LogP contribution < -0.4 is 0 Å². The van der Waals surface area contributed by atoms with E-state index in [1.54, 1.807) is 6.07 Å². The van der Waals surface area contributed by atoms with E-state index in [0.29, 0.717) is 5.56 Å². The molecule has 13 heavy (non-hydrogen) atoms. The average Bonchev–Trinajstić information content (AvgIpc) is 2.90. The summed E-state index contributed by atoms with van der Waals surface area (Å²) >= 11 is 3.25. The van der Waals surface area contributed by atoms with Gasteiger partial charge in [-0.1, -0.05) is 5.92 Å². The quantitative estimate of drug-likeness (QED) is 0.543. The number of hydrogen-bond acceptors (Lipinski definition) is 1. The van der Waals surface area contributed by atoms with Crippen molar-refractivity contribution in [3.8, 4) is 12.3 Å². The smallest absolute Gasteiger partial charge is 0.217 e. The van der Waals surface area contributed by atoms with Crippen LogP contribution in [0, 0.1) is 18.3 Å².